The molecule has 0 unspecified atom stereocenters. The molecule has 0 aliphatic carbocycles. The first-order chi connectivity index (χ1) is 12.2. The van der Waals surface area contributed by atoms with Crippen molar-refractivity contribution in [1.82, 2.24) is 20.2 Å². The van der Waals surface area contributed by atoms with Gasteiger partial charge < -0.3 is 10.3 Å². The highest BCUT2D eigenvalue weighted by Crippen LogP contribution is 2.25. The summed E-state index contributed by atoms with van der Waals surface area (Å²) in [5, 5.41) is 11.2. The summed E-state index contributed by atoms with van der Waals surface area (Å²) in [5.41, 5.74) is 1.48. The molecular weight excluding hydrogens is 358 g/mol. The number of H-pyrrole nitrogens is 1. The van der Waals surface area contributed by atoms with E-state index in [1.165, 1.54) is 11.3 Å². The highest BCUT2D eigenvalue weighted by atomic mass is 32.2. The highest BCUT2D eigenvalue weighted by Gasteiger charge is 2.11. The lowest BCUT2D eigenvalue weighted by Crippen LogP contribution is -2.18. The number of para-hydroxylation sites is 2. The normalized spacial score (nSPS) is 10.9. The van der Waals surface area contributed by atoms with Crippen LogP contribution in [0.4, 0.5) is 5.13 Å². The molecule has 2 aromatic heterocycles. The van der Waals surface area contributed by atoms with Crippen molar-refractivity contribution in [1.29, 1.82) is 0 Å². The molecule has 0 fully saturated rings. The van der Waals surface area contributed by atoms with Crippen LogP contribution in [0.5, 0.6) is 0 Å². The molecule has 0 aliphatic rings. The first-order valence-electron chi connectivity index (χ1n) is 7.90. The first-order valence-corrected chi connectivity index (χ1v) is 9.70. The first kappa shape index (κ1) is 17.6. The maximum Gasteiger partial charge on any atom is 0.270 e. The number of aryl methyl sites for hydroxylation is 1. The highest BCUT2D eigenvalue weighted by molar-refractivity contribution is 8.01. The van der Waals surface area contributed by atoms with Gasteiger partial charge in [-0.05, 0) is 18.6 Å². The smallest absolute Gasteiger partial charge is 0.270 e. The van der Waals surface area contributed by atoms with Crippen LogP contribution in [0.15, 0.2) is 33.4 Å². The van der Waals surface area contributed by atoms with Gasteiger partial charge in [0.25, 0.3) is 5.56 Å². The van der Waals surface area contributed by atoms with Crippen LogP contribution in [-0.4, -0.2) is 31.8 Å². The van der Waals surface area contributed by atoms with E-state index in [2.05, 4.69) is 32.4 Å². The number of thioether (sulfide) groups is 1. The van der Waals surface area contributed by atoms with Crippen molar-refractivity contribution < 1.29 is 4.79 Å². The molecular formula is C16H17N5O2S2. The minimum atomic E-state index is -0.263. The fourth-order valence-corrected chi connectivity index (χ4v) is 3.85. The fourth-order valence-electron chi connectivity index (χ4n) is 2.16. The zero-order valence-electron chi connectivity index (χ0n) is 13.6. The molecule has 0 spiro atoms. The van der Waals surface area contributed by atoms with Gasteiger partial charge in [-0.2, -0.15) is 0 Å². The summed E-state index contributed by atoms with van der Waals surface area (Å²) < 4.78 is 0.838. The minimum Gasteiger partial charge on any atom is -0.319 e. The van der Waals surface area contributed by atoms with Crippen molar-refractivity contribution in [3.8, 4) is 0 Å². The van der Waals surface area contributed by atoms with E-state index in [0.717, 1.165) is 16.5 Å². The van der Waals surface area contributed by atoms with Gasteiger partial charge in [0.2, 0.25) is 11.0 Å². The predicted octanol–water partition coefficient (Wildman–Crippen LogP) is 2.85. The monoisotopic (exact) mass is 375 g/mol. The largest absolute Gasteiger partial charge is 0.319 e. The number of fused-ring (bicyclic) bond motifs is 1. The Morgan fingerprint density at radius 3 is 3.00 bits per heavy atom. The lowest BCUT2D eigenvalue weighted by Gasteiger charge is -2.03. The number of nitrogens with one attached hydrogen (secondary N) is 2. The molecule has 0 saturated heterocycles. The summed E-state index contributed by atoms with van der Waals surface area (Å²) in [5.74, 6) is 0.761. The van der Waals surface area contributed by atoms with Crippen LogP contribution in [-0.2, 0) is 11.2 Å². The molecule has 0 radical (unpaired) electrons. The number of benzene rings is 1. The van der Waals surface area contributed by atoms with Gasteiger partial charge in [0, 0.05) is 18.6 Å². The maximum atomic E-state index is 12.1. The van der Waals surface area contributed by atoms with Crippen LogP contribution in [0.25, 0.3) is 11.0 Å². The quantitative estimate of drug-likeness (QED) is 0.486. The number of carbonyl (C=O) groups excluding carboxylic acids is 1. The van der Waals surface area contributed by atoms with E-state index in [4.69, 9.17) is 0 Å². The number of hydrogen-bond acceptors (Lipinski definition) is 7. The molecule has 130 valence electrons. The van der Waals surface area contributed by atoms with Gasteiger partial charge in [-0.3, -0.25) is 9.59 Å². The second-order valence-corrected chi connectivity index (χ2v) is 7.62. The second-order valence-electron chi connectivity index (χ2n) is 5.30. The lowest BCUT2D eigenvalue weighted by atomic mass is 10.2. The molecule has 9 heteroatoms. The maximum absolute atomic E-state index is 12.1. The van der Waals surface area contributed by atoms with E-state index in [1.807, 2.05) is 18.2 Å². The van der Waals surface area contributed by atoms with Gasteiger partial charge in [0.15, 0.2) is 4.34 Å². The van der Waals surface area contributed by atoms with Crippen LogP contribution < -0.4 is 10.9 Å². The average molecular weight is 375 g/mol. The Balaban J connectivity index is 1.59. The van der Waals surface area contributed by atoms with Crippen molar-refractivity contribution in [2.45, 2.75) is 30.5 Å². The Kier molecular flexibility index (Phi) is 5.77. The zero-order valence-corrected chi connectivity index (χ0v) is 15.2. The van der Waals surface area contributed by atoms with E-state index < -0.39 is 0 Å². The summed E-state index contributed by atoms with van der Waals surface area (Å²) in [6.45, 7) is 2.10. The van der Waals surface area contributed by atoms with Gasteiger partial charge >= 0.3 is 0 Å². The second kappa shape index (κ2) is 8.21. The molecule has 2 heterocycles. The van der Waals surface area contributed by atoms with E-state index >= 15 is 0 Å². The summed E-state index contributed by atoms with van der Waals surface area (Å²) in [4.78, 5) is 31.2. The van der Waals surface area contributed by atoms with Gasteiger partial charge in [-0.15, -0.1) is 10.2 Å². The third-order valence-corrected chi connectivity index (χ3v) is 5.52. The van der Waals surface area contributed by atoms with Gasteiger partial charge in [-0.25, -0.2) is 4.98 Å². The zero-order chi connectivity index (χ0) is 17.6. The number of aromatic nitrogens is 4. The Morgan fingerprint density at radius 1 is 1.32 bits per heavy atom. The number of nitrogens with zero attached hydrogens (tertiary/aromatic N) is 3. The van der Waals surface area contributed by atoms with Crippen molar-refractivity contribution >= 4 is 45.2 Å². The molecule has 3 rings (SSSR count). The van der Waals surface area contributed by atoms with E-state index in [-0.39, 0.29) is 24.3 Å². The molecule has 7 nitrogen and oxygen atoms in total. The molecule has 25 heavy (non-hydrogen) atoms. The van der Waals surface area contributed by atoms with Crippen molar-refractivity contribution in [3.63, 3.8) is 0 Å². The summed E-state index contributed by atoms with van der Waals surface area (Å²) >= 11 is 2.97. The number of rotatable bonds is 7. The van der Waals surface area contributed by atoms with E-state index in [1.54, 1.807) is 17.8 Å². The molecule has 0 atom stereocenters. The van der Waals surface area contributed by atoms with Crippen LogP contribution >= 0.6 is 23.1 Å². The summed E-state index contributed by atoms with van der Waals surface area (Å²) in [6, 6.07) is 7.31. The predicted molar refractivity (Wildman–Crippen MR) is 100 cm³/mol. The molecule has 0 aliphatic heterocycles. The van der Waals surface area contributed by atoms with E-state index in [0.29, 0.717) is 21.9 Å². The molecule has 0 saturated carbocycles. The topological polar surface area (TPSA) is 101 Å². The molecule has 1 aromatic carbocycles. The Hall–Kier alpha value is -2.26. The van der Waals surface area contributed by atoms with Gasteiger partial charge in [0.1, 0.15) is 5.69 Å². The number of hydrogen-bond donors (Lipinski definition) is 2. The van der Waals surface area contributed by atoms with Crippen LogP contribution in [0.3, 0.4) is 0 Å². The Bertz CT molecular complexity index is 937. The fraction of sp³-hybridized carbons (Fsp3) is 0.312. The summed E-state index contributed by atoms with van der Waals surface area (Å²) in [7, 11) is 0. The Labute approximate surface area is 152 Å². The number of amides is 1. The molecule has 1 amide bonds. The number of aromatic amines is 1. The Morgan fingerprint density at radius 2 is 2.16 bits per heavy atom. The molecule has 0 bridgehead atoms. The molecule has 3 aromatic rings. The standard InChI is InChI=1S/C16H17N5O2S2/c1-2-9-24-16-21-20-15(25-16)19-13(22)8-7-12-14(23)18-11-6-4-3-5-10(11)17-12/h3-6H,2,7-9H2,1H3,(H,18,23)(H,19,20,22). The third kappa shape index (κ3) is 4.64. The summed E-state index contributed by atoms with van der Waals surface area (Å²) in [6.07, 6.45) is 1.48. The average Bonchev–Trinajstić information content (AvgIpc) is 3.05. The van der Waals surface area contributed by atoms with Gasteiger partial charge in [0.05, 0.1) is 11.0 Å². The van der Waals surface area contributed by atoms with Crippen LogP contribution in [0.2, 0.25) is 0 Å². The van der Waals surface area contributed by atoms with Crippen LogP contribution in [0, 0.1) is 0 Å². The van der Waals surface area contributed by atoms with Crippen molar-refractivity contribution in [2.75, 3.05) is 11.1 Å². The van der Waals surface area contributed by atoms with Crippen molar-refractivity contribution in [2.24, 2.45) is 0 Å². The lowest BCUT2D eigenvalue weighted by molar-refractivity contribution is -0.116. The molecule has 2 N–H and O–H groups in total. The van der Waals surface area contributed by atoms with Gasteiger partial charge in [-0.1, -0.05) is 42.2 Å². The number of carbonyl (C=O) groups is 1. The minimum absolute atomic E-state index is 0.158. The number of anilines is 1. The van der Waals surface area contributed by atoms with E-state index in [9.17, 15) is 9.59 Å². The van der Waals surface area contributed by atoms with Crippen LogP contribution in [0.1, 0.15) is 25.5 Å². The third-order valence-electron chi connectivity index (χ3n) is 3.34. The van der Waals surface area contributed by atoms with Crippen molar-refractivity contribution in [3.05, 3.63) is 40.3 Å². The SMILES string of the molecule is CCCSc1nnc(NC(=O)CCc2nc3ccccc3[nH]c2=O)s1.